The third kappa shape index (κ3) is 5.70. The SMILES string of the molecule is COC(=O)CCC(=O)NCCc1ccc(Cl)s1. The highest BCUT2D eigenvalue weighted by Crippen LogP contribution is 2.21. The summed E-state index contributed by atoms with van der Waals surface area (Å²) >= 11 is 7.28. The Morgan fingerprint density at radius 1 is 1.41 bits per heavy atom. The molecule has 17 heavy (non-hydrogen) atoms. The topological polar surface area (TPSA) is 55.4 Å². The van der Waals surface area contributed by atoms with Crippen molar-refractivity contribution in [2.75, 3.05) is 13.7 Å². The van der Waals surface area contributed by atoms with E-state index in [2.05, 4.69) is 10.1 Å². The van der Waals surface area contributed by atoms with Crippen molar-refractivity contribution in [2.45, 2.75) is 19.3 Å². The van der Waals surface area contributed by atoms with Gasteiger partial charge in [-0.25, -0.2) is 0 Å². The lowest BCUT2D eigenvalue weighted by Crippen LogP contribution is -2.25. The quantitative estimate of drug-likeness (QED) is 0.808. The number of nitrogens with one attached hydrogen (secondary N) is 1. The van der Waals surface area contributed by atoms with Gasteiger partial charge in [0.1, 0.15) is 0 Å². The molecule has 6 heteroatoms. The Balaban J connectivity index is 2.14. The minimum Gasteiger partial charge on any atom is -0.469 e. The predicted molar refractivity (Wildman–Crippen MR) is 67.3 cm³/mol. The highest BCUT2D eigenvalue weighted by Gasteiger charge is 2.06. The molecule has 1 aromatic rings. The summed E-state index contributed by atoms with van der Waals surface area (Å²) in [6.07, 6.45) is 1.03. The highest BCUT2D eigenvalue weighted by molar-refractivity contribution is 7.16. The molecule has 0 atom stereocenters. The second kappa shape index (κ2) is 7.29. The Hall–Kier alpha value is -1.07. The largest absolute Gasteiger partial charge is 0.469 e. The number of hydrogen-bond donors (Lipinski definition) is 1. The lowest BCUT2D eigenvalue weighted by Gasteiger charge is -2.03. The van der Waals surface area contributed by atoms with Crippen molar-refractivity contribution >= 4 is 34.8 Å². The molecule has 0 fully saturated rings. The number of amides is 1. The number of carbonyl (C=O) groups is 2. The predicted octanol–water partition coefficient (Wildman–Crippen LogP) is 2.01. The van der Waals surface area contributed by atoms with Crippen LogP contribution >= 0.6 is 22.9 Å². The van der Waals surface area contributed by atoms with Crippen LogP contribution in [0.5, 0.6) is 0 Å². The van der Waals surface area contributed by atoms with Gasteiger partial charge in [0, 0.05) is 17.8 Å². The Morgan fingerprint density at radius 3 is 2.76 bits per heavy atom. The molecule has 0 saturated heterocycles. The van der Waals surface area contributed by atoms with Gasteiger partial charge < -0.3 is 10.1 Å². The number of ether oxygens (including phenoxy) is 1. The Labute approximate surface area is 109 Å². The molecule has 0 aliphatic carbocycles. The number of methoxy groups -OCH3 is 1. The Kier molecular flexibility index (Phi) is 6.00. The molecule has 0 spiro atoms. The van der Waals surface area contributed by atoms with E-state index in [9.17, 15) is 9.59 Å². The van der Waals surface area contributed by atoms with Crippen LogP contribution in [0.1, 0.15) is 17.7 Å². The molecule has 4 nitrogen and oxygen atoms in total. The second-order valence-corrected chi connectivity index (χ2v) is 5.18. The minimum atomic E-state index is -0.370. The van der Waals surface area contributed by atoms with Crippen LogP contribution in [0.2, 0.25) is 4.34 Å². The van der Waals surface area contributed by atoms with Gasteiger partial charge >= 0.3 is 5.97 Å². The van der Waals surface area contributed by atoms with Crippen LogP contribution in [0.3, 0.4) is 0 Å². The summed E-state index contributed by atoms with van der Waals surface area (Å²) in [6.45, 7) is 0.552. The zero-order valence-electron chi connectivity index (χ0n) is 9.49. The second-order valence-electron chi connectivity index (χ2n) is 3.38. The number of thiophene rings is 1. The van der Waals surface area contributed by atoms with Crippen molar-refractivity contribution in [1.82, 2.24) is 5.32 Å². The van der Waals surface area contributed by atoms with Gasteiger partial charge in [0.25, 0.3) is 0 Å². The normalized spacial score (nSPS) is 10.0. The van der Waals surface area contributed by atoms with Crippen LogP contribution in [0.15, 0.2) is 12.1 Å². The van der Waals surface area contributed by atoms with Crippen LogP contribution in [0.4, 0.5) is 0 Å². The first-order chi connectivity index (χ1) is 8.11. The highest BCUT2D eigenvalue weighted by atomic mass is 35.5. The summed E-state index contributed by atoms with van der Waals surface area (Å²) in [6, 6.07) is 3.77. The van der Waals surface area contributed by atoms with Gasteiger partial charge in [0.15, 0.2) is 0 Å². The first-order valence-corrected chi connectivity index (χ1v) is 6.39. The molecule has 1 N–H and O–H groups in total. The number of carbonyl (C=O) groups excluding carboxylic acids is 2. The Morgan fingerprint density at radius 2 is 2.18 bits per heavy atom. The fourth-order valence-corrected chi connectivity index (χ4v) is 2.30. The molecule has 1 heterocycles. The van der Waals surface area contributed by atoms with Crippen LogP contribution in [0.25, 0.3) is 0 Å². The molecule has 0 bridgehead atoms. The molecule has 0 radical (unpaired) electrons. The van der Waals surface area contributed by atoms with Gasteiger partial charge in [0.2, 0.25) is 5.91 Å². The van der Waals surface area contributed by atoms with Gasteiger partial charge in [0.05, 0.1) is 17.9 Å². The molecular formula is C11H14ClNO3S. The molecule has 0 saturated carbocycles. The van der Waals surface area contributed by atoms with Gasteiger partial charge in [-0.2, -0.15) is 0 Å². The average molecular weight is 276 g/mol. The van der Waals surface area contributed by atoms with Crippen LogP contribution < -0.4 is 5.32 Å². The van der Waals surface area contributed by atoms with E-state index in [0.29, 0.717) is 6.54 Å². The first kappa shape index (κ1) is 14.0. The molecule has 0 aromatic carbocycles. The maximum absolute atomic E-state index is 11.3. The monoisotopic (exact) mass is 275 g/mol. The fraction of sp³-hybridized carbons (Fsp3) is 0.455. The number of hydrogen-bond acceptors (Lipinski definition) is 4. The zero-order chi connectivity index (χ0) is 12.7. The summed E-state index contributed by atoms with van der Waals surface area (Å²) in [5.41, 5.74) is 0. The van der Waals surface area contributed by atoms with E-state index >= 15 is 0 Å². The van der Waals surface area contributed by atoms with E-state index in [0.717, 1.165) is 15.6 Å². The van der Waals surface area contributed by atoms with Gasteiger partial charge in [-0.15, -0.1) is 11.3 Å². The van der Waals surface area contributed by atoms with E-state index in [1.165, 1.54) is 18.4 Å². The van der Waals surface area contributed by atoms with Crippen molar-refractivity contribution in [3.63, 3.8) is 0 Å². The van der Waals surface area contributed by atoms with Crippen LogP contribution in [-0.2, 0) is 20.7 Å². The summed E-state index contributed by atoms with van der Waals surface area (Å²) < 4.78 is 5.19. The Bertz CT molecular complexity index is 392. The van der Waals surface area contributed by atoms with Crippen LogP contribution in [0, 0.1) is 0 Å². The van der Waals surface area contributed by atoms with E-state index in [4.69, 9.17) is 11.6 Å². The first-order valence-electron chi connectivity index (χ1n) is 5.19. The summed E-state index contributed by atoms with van der Waals surface area (Å²) in [7, 11) is 1.31. The number of esters is 1. The maximum atomic E-state index is 11.3. The lowest BCUT2D eigenvalue weighted by molar-refractivity contribution is -0.142. The van der Waals surface area contributed by atoms with Gasteiger partial charge in [-0.1, -0.05) is 11.6 Å². The summed E-state index contributed by atoms with van der Waals surface area (Å²) in [5, 5.41) is 2.74. The van der Waals surface area contributed by atoms with E-state index in [-0.39, 0.29) is 24.7 Å². The van der Waals surface area contributed by atoms with E-state index < -0.39 is 0 Å². The third-order valence-electron chi connectivity index (χ3n) is 2.11. The van der Waals surface area contributed by atoms with Gasteiger partial charge in [-0.05, 0) is 18.6 Å². The molecule has 0 unspecified atom stereocenters. The smallest absolute Gasteiger partial charge is 0.306 e. The van der Waals surface area contributed by atoms with Crippen molar-refractivity contribution in [1.29, 1.82) is 0 Å². The van der Waals surface area contributed by atoms with Gasteiger partial charge in [-0.3, -0.25) is 9.59 Å². The minimum absolute atomic E-state index is 0.118. The number of rotatable bonds is 6. The zero-order valence-corrected chi connectivity index (χ0v) is 11.1. The van der Waals surface area contributed by atoms with Crippen molar-refractivity contribution in [3.05, 3.63) is 21.3 Å². The third-order valence-corrected chi connectivity index (χ3v) is 3.40. The molecule has 1 rings (SSSR count). The molecular weight excluding hydrogens is 262 g/mol. The molecule has 1 aromatic heterocycles. The van der Waals surface area contributed by atoms with Crippen molar-refractivity contribution in [3.8, 4) is 0 Å². The molecule has 1 amide bonds. The summed E-state index contributed by atoms with van der Waals surface area (Å²) in [4.78, 5) is 23.2. The lowest BCUT2D eigenvalue weighted by atomic mass is 10.3. The van der Waals surface area contributed by atoms with Crippen LogP contribution in [-0.4, -0.2) is 25.5 Å². The number of halogens is 1. The molecule has 0 aliphatic heterocycles. The van der Waals surface area contributed by atoms with Crippen molar-refractivity contribution in [2.24, 2.45) is 0 Å². The average Bonchev–Trinajstić information content (AvgIpc) is 2.72. The summed E-state index contributed by atoms with van der Waals surface area (Å²) in [5.74, 6) is -0.511. The van der Waals surface area contributed by atoms with Crippen molar-refractivity contribution < 1.29 is 14.3 Å². The molecule has 0 aliphatic rings. The van der Waals surface area contributed by atoms with E-state index in [1.807, 2.05) is 12.1 Å². The standard InChI is InChI=1S/C11H14ClNO3S/c1-16-11(15)5-4-10(14)13-7-6-8-2-3-9(12)17-8/h2-3H,4-7H2,1H3,(H,13,14). The molecule has 94 valence electrons. The fourth-order valence-electron chi connectivity index (χ4n) is 1.22. The van der Waals surface area contributed by atoms with E-state index in [1.54, 1.807) is 0 Å². The maximum Gasteiger partial charge on any atom is 0.306 e.